The second-order valence-electron chi connectivity index (χ2n) is 6.14. The number of aromatic nitrogens is 1. The van der Waals surface area contributed by atoms with Crippen molar-refractivity contribution in [2.45, 2.75) is 44.6 Å². The Kier molecular flexibility index (Phi) is 5.46. The van der Waals surface area contributed by atoms with E-state index in [1.54, 1.807) is 12.5 Å². The molecule has 3 rings (SSSR count). The SMILES string of the molecule is NCC(NC(=O)Cc1csc(-c2ccoc2)n1)C1CCCCC1. The fraction of sp³-hybridized carbons (Fsp3) is 0.529. The van der Waals surface area contributed by atoms with Crippen LogP contribution in [0.3, 0.4) is 0 Å². The zero-order valence-electron chi connectivity index (χ0n) is 13.2. The van der Waals surface area contributed by atoms with Gasteiger partial charge in [-0.15, -0.1) is 11.3 Å². The van der Waals surface area contributed by atoms with Gasteiger partial charge in [0.1, 0.15) is 11.3 Å². The Morgan fingerprint density at radius 2 is 2.26 bits per heavy atom. The maximum Gasteiger partial charge on any atom is 0.226 e. The van der Waals surface area contributed by atoms with Gasteiger partial charge in [-0.05, 0) is 24.8 Å². The molecule has 2 heterocycles. The lowest BCUT2D eigenvalue weighted by Crippen LogP contribution is -2.46. The number of nitrogens with one attached hydrogen (secondary N) is 1. The van der Waals surface area contributed by atoms with Crippen LogP contribution in [0.25, 0.3) is 10.6 Å². The fourth-order valence-electron chi connectivity index (χ4n) is 3.23. The van der Waals surface area contributed by atoms with Crippen LogP contribution in [0.1, 0.15) is 37.8 Å². The predicted octanol–water partition coefficient (Wildman–Crippen LogP) is 2.97. The van der Waals surface area contributed by atoms with Crippen LogP contribution in [0.15, 0.2) is 28.4 Å². The van der Waals surface area contributed by atoms with E-state index in [0.717, 1.165) is 16.3 Å². The van der Waals surface area contributed by atoms with Crippen LogP contribution in [0.2, 0.25) is 0 Å². The maximum atomic E-state index is 12.3. The van der Waals surface area contributed by atoms with Gasteiger partial charge in [0.25, 0.3) is 0 Å². The summed E-state index contributed by atoms with van der Waals surface area (Å²) in [5.74, 6) is 0.532. The molecule has 3 N–H and O–H groups in total. The number of hydrogen-bond donors (Lipinski definition) is 2. The van der Waals surface area contributed by atoms with Crippen molar-refractivity contribution >= 4 is 17.2 Å². The van der Waals surface area contributed by atoms with Crippen LogP contribution in [-0.4, -0.2) is 23.5 Å². The standard InChI is InChI=1S/C17H23N3O2S/c18-9-15(12-4-2-1-3-5-12)20-16(21)8-14-11-23-17(19-14)13-6-7-22-10-13/h6-7,10-12,15H,1-5,8-9,18H2,(H,20,21). The van der Waals surface area contributed by atoms with E-state index >= 15 is 0 Å². The van der Waals surface area contributed by atoms with Gasteiger partial charge in [0.2, 0.25) is 5.91 Å². The third kappa shape index (κ3) is 4.20. The molecule has 5 nitrogen and oxygen atoms in total. The lowest BCUT2D eigenvalue weighted by molar-refractivity contribution is -0.121. The summed E-state index contributed by atoms with van der Waals surface area (Å²) in [5, 5.41) is 5.92. The molecule has 1 aliphatic rings. The Labute approximate surface area is 140 Å². The number of hydrogen-bond acceptors (Lipinski definition) is 5. The summed E-state index contributed by atoms with van der Waals surface area (Å²) in [6, 6.07) is 1.96. The molecule has 2 aromatic rings. The van der Waals surface area contributed by atoms with Gasteiger partial charge in [-0.1, -0.05) is 19.3 Å². The minimum absolute atomic E-state index is 0.00932. The van der Waals surface area contributed by atoms with Crippen LogP contribution in [0.5, 0.6) is 0 Å². The highest BCUT2D eigenvalue weighted by atomic mass is 32.1. The summed E-state index contributed by atoms with van der Waals surface area (Å²) in [7, 11) is 0. The Hall–Kier alpha value is -1.66. The molecule has 0 aliphatic heterocycles. The van der Waals surface area contributed by atoms with Gasteiger partial charge >= 0.3 is 0 Å². The molecule has 1 atom stereocenters. The number of rotatable bonds is 6. The number of nitrogens with two attached hydrogens (primary N) is 1. The van der Waals surface area contributed by atoms with Gasteiger partial charge in [0.15, 0.2) is 0 Å². The van der Waals surface area contributed by atoms with Crippen molar-refractivity contribution in [1.82, 2.24) is 10.3 Å². The summed E-state index contributed by atoms with van der Waals surface area (Å²) in [6.45, 7) is 0.508. The van der Waals surface area contributed by atoms with Crippen molar-refractivity contribution < 1.29 is 9.21 Å². The predicted molar refractivity (Wildman–Crippen MR) is 91.1 cm³/mol. The highest BCUT2D eigenvalue weighted by molar-refractivity contribution is 7.13. The number of carbonyl (C=O) groups is 1. The van der Waals surface area contributed by atoms with E-state index in [1.165, 1.54) is 43.4 Å². The first kappa shape index (κ1) is 16.2. The first-order chi connectivity index (χ1) is 11.3. The number of thiazole rings is 1. The maximum absolute atomic E-state index is 12.3. The normalized spacial score (nSPS) is 17.1. The quantitative estimate of drug-likeness (QED) is 0.851. The summed E-state index contributed by atoms with van der Waals surface area (Å²) >= 11 is 1.53. The van der Waals surface area contributed by atoms with E-state index in [1.807, 2.05) is 11.4 Å². The molecule has 2 aromatic heterocycles. The van der Waals surface area contributed by atoms with Gasteiger partial charge in [-0.2, -0.15) is 0 Å². The monoisotopic (exact) mass is 333 g/mol. The van der Waals surface area contributed by atoms with Gasteiger partial charge in [0.05, 0.1) is 18.4 Å². The van der Waals surface area contributed by atoms with Crippen LogP contribution < -0.4 is 11.1 Å². The van der Waals surface area contributed by atoms with Gasteiger partial charge in [-0.3, -0.25) is 4.79 Å². The van der Waals surface area contributed by atoms with Crippen LogP contribution in [0.4, 0.5) is 0 Å². The molecule has 1 fully saturated rings. The van der Waals surface area contributed by atoms with E-state index in [9.17, 15) is 4.79 Å². The van der Waals surface area contributed by atoms with Crippen molar-refractivity contribution in [2.24, 2.45) is 11.7 Å². The molecule has 0 spiro atoms. The molecule has 1 aliphatic carbocycles. The number of nitrogens with zero attached hydrogens (tertiary/aromatic N) is 1. The van der Waals surface area contributed by atoms with Crippen LogP contribution in [-0.2, 0) is 11.2 Å². The Morgan fingerprint density at radius 3 is 2.96 bits per heavy atom. The zero-order valence-corrected chi connectivity index (χ0v) is 14.0. The average molecular weight is 333 g/mol. The minimum atomic E-state index is 0.00932. The highest BCUT2D eigenvalue weighted by Gasteiger charge is 2.24. The average Bonchev–Trinajstić information content (AvgIpc) is 3.24. The van der Waals surface area contributed by atoms with E-state index in [2.05, 4.69) is 10.3 Å². The largest absolute Gasteiger partial charge is 0.472 e. The van der Waals surface area contributed by atoms with E-state index in [4.69, 9.17) is 10.2 Å². The molecular formula is C17H23N3O2S. The fourth-order valence-corrected chi connectivity index (χ4v) is 4.04. The van der Waals surface area contributed by atoms with E-state index in [0.29, 0.717) is 18.9 Å². The van der Waals surface area contributed by atoms with E-state index in [-0.39, 0.29) is 11.9 Å². The van der Waals surface area contributed by atoms with Crippen molar-refractivity contribution in [1.29, 1.82) is 0 Å². The van der Waals surface area contributed by atoms with E-state index < -0.39 is 0 Å². The van der Waals surface area contributed by atoms with Crippen LogP contribution in [0, 0.1) is 5.92 Å². The molecule has 0 radical (unpaired) electrons. The second-order valence-corrected chi connectivity index (χ2v) is 7.00. The van der Waals surface area contributed by atoms with Crippen molar-refractivity contribution in [3.63, 3.8) is 0 Å². The molecule has 23 heavy (non-hydrogen) atoms. The first-order valence-corrected chi connectivity index (χ1v) is 9.10. The topological polar surface area (TPSA) is 81.1 Å². The molecule has 1 amide bonds. The highest BCUT2D eigenvalue weighted by Crippen LogP contribution is 2.26. The molecule has 0 saturated heterocycles. The number of furan rings is 1. The van der Waals surface area contributed by atoms with Crippen molar-refractivity contribution in [2.75, 3.05) is 6.54 Å². The smallest absolute Gasteiger partial charge is 0.226 e. The van der Waals surface area contributed by atoms with Gasteiger partial charge in [0, 0.05) is 23.5 Å². The zero-order chi connectivity index (χ0) is 16.1. The molecule has 6 heteroatoms. The van der Waals surface area contributed by atoms with Crippen LogP contribution >= 0.6 is 11.3 Å². The lowest BCUT2D eigenvalue weighted by Gasteiger charge is -2.30. The van der Waals surface area contributed by atoms with Gasteiger partial charge in [-0.25, -0.2) is 4.98 Å². The third-order valence-corrected chi connectivity index (χ3v) is 5.42. The summed E-state index contributed by atoms with van der Waals surface area (Å²) in [4.78, 5) is 16.8. The minimum Gasteiger partial charge on any atom is -0.472 e. The summed E-state index contributed by atoms with van der Waals surface area (Å²) in [5.41, 5.74) is 7.62. The van der Waals surface area contributed by atoms with Crippen molar-refractivity contribution in [3.05, 3.63) is 29.7 Å². The Morgan fingerprint density at radius 1 is 1.43 bits per heavy atom. The summed E-state index contributed by atoms with van der Waals surface area (Å²) in [6.07, 6.45) is 9.73. The van der Waals surface area contributed by atoms with Gasteiger partial charge < -0.3 is 15.5 Å². The molecule has 124 valence electrons. The Bertz CT molecular complexity index is 618. The Balaban J connectivity index is 1.56. The first-order valence-electron chi connectivity index (χ1n) is 8.22. The molecule has 0 bridgehead atoms. The molecular weight excluding hydrogens is 310 g/mol. The molecule has 1 saturated carbocycles. The number of amides is 1. The third-order valence-electron chi connectivity index (χ3n) is 4.48. The number of carbonyl (C=O) groups excluding carboxylic acids is 1. The van der Waals surface area contributed by atoms with Crippen molar-refractivity contribution in [3.8, 4) is 10.6 Å². The lowest BCUT2D eigenvalue weighted by atomic mass is 9.84. The molecule has 0 aromatic carbocycles. The summed E-state index contributed by atoms with van der Waals surface area (Å²) < 4.78 is 5.07. The second kappa shape index (κ2) is 7.75. The molecule has 1 unspecified atom stereocenters.